The van der Waals surface area contributed by atoms with E-state index in [4.69, 9.17) is 10.8 Å². The number of aliphatic hydroxyl groups is 1. The Balaban J connectivity index is 0.000000810. The van der Waals surface area contributed by atoms with Crippen molar-refractivity contribution in [1.82, 2.24) is 0 Å². The molecule has 0 spiro atoms. The van der Waals surface area contributed by atoms with Crippen molar-refractivity contribution in [3.05, 3.63) is 35.6 Å². The largest absolute Gasteiger partial charge is 0.699 e. The summed E-state index contributed by atoms with van der Waals surface area (Å²) in [5.74, 6) is 0. The number of hydrogen-bond donors (Lipinski definition) is 1. The normalized spacial score (nSPS) is 8.50. The van der Waals surface area contributed by atoms with Crippen LogP contribution in [0.5, 0.6) is 0 Å². The maximum absolute atomic E-state index is 8.57. The third-order valence-electron chi connectivity index (χ3n) is 1.14. The predicted octanol–water partition coefficient (Wildman–Crippen LogP) is 1.86. The van der Waals surface area contributed by atoms with Gasteiger partial charge in [0.2, 0.25) is 0 Å². The van der Waals surface area contributed by atoms with Gasteiger partial charge in [0.15, 0.2) is 0 Å². The summed E-state index contributed by atoms with van der Waals surface area (Å²) in [5, 5.41) is 8.57. The molecule has 0 bridgehead atoms. The van der Waals surface area contributed by atoms with E-state index < -0.39 is 0 Å². The molecule has 0 saturated carbocycles. The summed E-state index contributed by atoms with van der Waals surface area (Å²) in [6.45, 7) is 0.0558. The van der Waals surface area contributed by atoms with Crippen LogP contribution in [-0.4, -0.2) is 5.11 Å². The Labute approximate surface area is 74.3 Å². The van der Waals surface area contributed by atoms with E-state index >= 15 is 0 Å². The fraction of sp³-hybridized carbons (Fsp3) is 0.143. The standard InChI is InChI=1S/C7H8NO.W/c8-7-3-1-6(5-9)2-4-7;/h1-4,8-9H,5H2;/q-1;. The number of aliphatic hydroxyl groups excluding tert-OH is 1. The second kappa shape index (κ2) is 4.48. The molecule has 54 valence electrons. The third kappa shape index (κ3) is 2.50. The quantitative estimate of drug-likeness (QED) is 0.845. The van der Waals surface area contributed by atoms with E-state index in [0.29, 0.717) is 5.69 Å². The second-order valence-corrected chi connectivity index (χ2v) is 1.86. The van der Waals surface area contributed by atoms with Gasteiger partial charge in [0.25, 0.3) is 0 Å². The van der Waals surface area contributed by atoms with E-state index in [2.05, 4.69) is 0 Å². The summed E-state index contributed by atoms with van der Waals surface area (Å²) in [6.07, 6.45) is 0. The average Bonchev–Trinajstić information content (AvgIpc) is 1.90. The molecule has 10 heavy (non-hydrogen) atoms. The fourth-order valence-corrected chi connectivity index (χ4v) is 0.610. The van der Waals surface area contributed by atoms with Crippen LogP contribution < -0.4 is 0 Å². The van der Waals surface area contributed by atoms with Crippen molar-refractivity contribution >= 4 is 5.69 Å². The third-order valence-corrected chi connectivity index (χ3v) is 1.14. The SMILES string of the molecule is [NH-]c1ccc(CO)cc1.[W]. The zero-order valence-corrected chi connectivity index (χ0v) is 8.31. The summed E-state index contributed by atoms with van der Waals surface area (Å²) in [6, 6.07) is 6.79. The van der Waals surface area contributed by atoms with Crippen LogP contribution in [0.4, 0.5) is 5.69 Å². The molecule has 0 radical (unpaired) electrons. The van der Waals surface area contributed by atoms with Crippen molar-refractivity contribution in [3.8, 4) is 0 Å². The van der Waals surface area contributed by atoms with Crippen LogP contribution in [0.25, 0.3) is 5.73 Å². The molecule has 1 aromatic carbocycles. The summed E-state index contributed by atoms with van der Waals surface area (Å²) >= 11 is 0. The summed E-state index contributed by atoms with van der Waals surface area (Å²) in [7, 11) is 0. The first-order valence-electron chi connectivity index (χ1n) is 2.74. The molecule has 3 heteroatoms. The van der Waals surface area contributed by atoms with Crippen LogP contribution in [0.3, 0.4) is 0 Å². The van der Waals surface area contributed by atoms with Crippen LogP contribution in [0.15, 0.2) is 24.3 Å². The predicted molar refractivity (Wildman–Crippen MR) is 36.3 cm³/mol. The number of rotatable bonds is 1. The monoisotopic (exact) mass is 306 g/mol. The van der Waals surface area contributed by atoms with E-state index in [1.807, 2.05) is 0 Å². The van der Waals surface area contributed by atoms with Gasteiger partial charge in [-0.1, -0.05) is 24.3 Å². The molecule has 0 aliphatic carbocycles. The first kappa shape index (κ1) is 9.67. The number of benzene rings is 1. The van der Waals surface area contributed by atoms with E-state index in [-0.39, 0.29) is 27.7 Å². The zero-order chi connectivity index (χ0) is 6.69. The molecular weight excluding hydrogens is 298 g/mol. The van der Waals surface area contributed by atoms with Crippen LogP contribution in [0.1, 0.15) is 5.56 Å². The Bertz CT molecular complexity index is 185. The Morgan fingerprint density at radius 3 is 2.10 bits per heavy atom. The minimum absolute atomic E-state index is 0. The Morgan fingerprint density at radius 2 is 1.70 bits per heavy atom. The van der Waals surface area contributed by atoms with Gasteiger partial charge in [-0.3, -0.25) is 0 Å². The molecule has 2 nitrogen and oxygen atoms in total. The molecule has 1 rings (SSSR count). The fourth-order valence-electron chi connectivity index (χ4n) is 0.610. The van der Waals surface area contributed by atoms with Crippen LogP contribution in [0, 0.1) is 0 Å². The van der Waals surface area contributed by atoms with Gasteiger partial charge in [-0.05, 0) is 5.56 Å². The second-order valence-electron chi connectivity index (χ2n) is 1.86. The van der Waals surface area contributed by atoms with E-state index in [9.17, 15) is 0 Å². The van der Waals surface area contributed by atoms with Crippen molar-refractivity contribution in [2.45, 2.75) is 6.61 Å². The Hall–Kier alpha value is -0.332. The molecule has 0 atom stereocenters. The topological polar surface area (TPSA) is 44.0 Å². The first-order valence-corrected chi connectivity index (χ1v) is 2.74. The van der Waals surface area contributed by atoms with Gasteiger partial charge in [-0.2, -0.15) is 0 Å². The molecule has 0 heterocycles. The Kier molecular flexibility index (Phi) is 4.33. The van der Waals surface area contributed by atoms with Crippen LogP contribution in [-0.2, 0) is 27.7 Å². The van der Waals surface area contributed by atoms with Crippen LogP contribution in [0.2, 0.25) is 0 Å². The van der Waals surface area contributed by atoms with Gasteiger partial charge in [0.1, 0.15) is 0 Å². The molecule has 0 fully saturated rings. The van der Waals surface area contributed by atoms with E-state index in [1.165, 1.54) is 0 Å². The van der Waals surface area contributed by atoms with Gasteiger partial charge in [0, 0.05) is 21.1 Å². The Morgan fingerprint density at radius 1 is 1.20 bits per heavy atom. The van der Waals surface area contributed by atoms with Crippen molar-refractivity contribution in [3.63, 3.8) is 0 Å². The smallest absolute Gasteiger partial charge is 0.0681 e. The first-order chi connectivity index (χ1) is 4.33. The van der Waals surface area contributed by atoms with Crippen molar-refractivity contribution in [2.75, 3.05) is 0 Å². The van der Waals surface area contributed by atoms with E-state index in [0.717, 1.165) is 5.56 Å². The van der Waals surface area contributed by atoms with Crippen molar-refractivity contribution in [2.24, 2.45) is 0 Å². The molecule has 2 N–H and O–H groups in total. The van der Waals surface area contributed by atoms with Gasteiger partial charge < -0.3 is 10.8 Å². The molecule has 0 saturated heterocycles. The minimum atomic E-state index is 0. The molecule has 0 amide bonds. The van der Waals surface area contributed by atoms with Crippen molar-refractivity contribution in [1.29, 1.82) is 0 Å². The van der Waals surface area contributed by atoms with Crippen molar-refractivity contribution < 1.29 is 26.2 Å². The molecule has 1 aromatic rings. The maximum atomic E-state index is 8.57. The number of hydrogen-bond acceptors (Lipinski definition) is 1. The summed E-state index contributed by atoms with van der Waals surface area (Å²) in [4.78, 5) is 0. The zero-order valence-electron chi connectivity index (χ0n) is 5.37. The van der Waals surface area contributed by atoms with Gasteiger partial charge in [-0.15, -0.1) is 5.69 Å². The summed E-state index contributed by atoms with van der Waals surface area (Å²) < 4.78 is 0. The summed E-state index contributed by atoms with van der Waals surface area (Å²) in [5.41, 5.74) is 8.42. The average molecular weight is 306 g/mol. The number of nitrogens with one attached hydrogen (secondary N) is 1. The molecule has 0 unspecified atom stereocenters. The molecular formula is C7H8NOW-. The minimum Gasteiger partial charge on any atom is -0.699 e. The van der Waals surface area contributed by atoms with Crippen LogP contribution >= 0.6 is 0 Å². The molecule has 0 aromatic heterocycles. The molecule has 0 aliphatic heterocycles. The van der Waals surface area contributed by atoms with Gasteiger partial charge in [0.05, 0.1) is 6.61 Å². The van der Waals surface area contributed by atoms with Gasteiger partial charge >= 0.3 is 0 Å². The molecule has 0 aliphatic rings. The maximum Gasteiger partial charge on any atom is 0.0681 e. The van der Waals surface area contributed by atoms with E-state index in [1.54, 1.807) is 24.3 Å². The van der Waals surface area contributed by atoms with Gasteiger partial charge in [-0.25, -0.2) is 0 Å².